The lowest BCUT2D eigenvalue weighted by atomic mass is 9.80. The quantitative estimate of drug-likeness (QED) is 0.583. The van der Waals surface area contributed by atoms with Crippen LogP contribution in [0.2, 0.25) is 6.32 Å². The molecule has 2 aliphatic heterocycles. The standard InChI is InChI=1S/C16H30BNO4/c1-15(2)16(3,4)22-17(21-15)9-6-5-7-12-8-10-18-13(11-12)14(19)20/h12-13,18H,5-11H2,1-4H3,(H,19,20). The predicted octanol–water partition coefficient (Wildman–Crippen LogP) is 2.70. The van der Waals surface area contributed by atoms with Crippen molar-refractivity contribution in [1.82, 2.24) is 5.32 Å². The van der Waals surface area contributed by atoms with Gasteiger partial charge in [0.25, 0.3) is 0 Å². The summed E-state index contributed by atoms with van der Waals surface area (Å²) in [4.78, 5) is 11.0. The maximum absolute atomic E-state index is 11.0. The van der Waals surface area contributed by atoms with Crippen LogP contribution in [0.25, 0.3) is 0 Å². The summed E-state index contributed by atoms with van der Waals surface area (Å²) in [7, 11) is -0.107. The van der Waals surface area contributed by atoms with Crippen LogP contribution in [-0.2, 0) is 14.1 Å². The monoisotopic (exact) mass is 311 g/mol. The van der Waals surface area contributed by atoms with E-state index in [1.54, 1.807) is 0 Å². The first-order chi connectivity index (χ1) is 10.2. The molecule has 0 amide bonds. The average molecular weight is 311 g/mol. The van der Waals surface area contributed by atoms with Crippen LogP contribution in [0.15, 0.2) is 0 Å². The molecule has 22 heavy (non-hydrogen) atoms. The fourth-order valence-electron chi connectivity index (χ4n) is 3.27. The fourth-order valence-corrected chi connectivity index (χ4v) is 3.27. The minimum absolute atomic E-state index is 0.107. The van der Waals surface area contributed by atoms with Crippen molar-refractivity contribution < 1.29 is 19.2 Å². The molecule has 0 spiro atoms. The number of carbonyl (C=O) groups is 1. The van der Waals surface area contributed by atoms with E-state index in [1.165, 1.54) is 0 Å². The first-order valence-electron chi connectivity index (χ1n) is 8.53. The normalized spacial score (nSPS) is 30.5. The van der Waals surface area contributed by atoms with Gasteiger partial charge in [-0.15, -0.1) is 0 Å². The average Bonchev–Trinajstić information content (AvgIpc) is 2.63. The van der Waals surface area contributed by atoms with Crippen molar-refractivity contribution in [2.75, 3.05) is 6.54 Å². The van der Waals surface area contributed by atoms with Gasteiger partial charge in [0.1, 0.15) is 6.04 Å². The minimum Gasteiger partial charge on any atom is -0.480 e. The number of carboxylic acid groups (broad SMARTS) is 1. The Hall–Kier alpha value is -0.585. The maximum Gasteiger partial charge on any atom is 0.457 e. The van der Waals surface area contributed by atoms with Crippen LogP contribution in [0.3, 0.4) is 0 Å². The summed E-state index contributed by atoms with van der Waals surface area (Å²) in [5.74, 6) is -0.192. The summed E-state index contributed by atoms with van der Waals surface area (Å²) >= 11 is 0. The van der Waals surface area contributed by atoms with Gasteiger partial charge < -0.3 is 19.7 Å². The Balaban J connectivity index is 1.65. The van der Waals surface area contributed by atoms with Crippen LogP contribution < -0.4 is 5.32 Å². The molecule has 0 aromatic rings. The molecule has 6 heteroatoms. The van der Waals surface area contributed by atoms with Crippen molar-refractivity contribution in [3.63, 3.8) is 0 Å². The SMILES string of the molecule is CC1(C)OB(CCCCC2CCNC(C(=O)O)C2)OC1(C)C. The molecule has 0 aliphatic carbocycles. The molecule has 5 nitrogen and oxygen atoms in total. The van der Waals surface area contributed by atoms with Gasteiger partial charge >= 0.3 is 13.1 Å². The predicted molar refractivity (Wildman–Crippen MR) is 86.9 cm³/mol. The van der Waals surface area contributed by atoms with Crippen molar-refractivity contribution in [1.29, 1.82) is 0 Å². The van der Waals surface area contributed by atoms with Gasteiger partial charge in [-0.3, -0.25) is 4.79 Å². The van der Waals surface area contributed by atoms with Gasteiger partial charge in [0.2, 0.25) is 0 Å². The molecule has 2 rings (SSSR count). The zero-order chi connectivity index (χ0) is 16.4. The highest BCUT2D eigenvalue weighted by molar-refractivity contribution is 6.45. The van der Waals surface area contributed by atoms with Gasteiger partial charge in [-0.1, -0.05) is 19.3 Å². The van der Waals surface area contributed by atoms with E-state index < -0.39 is 5.97 Å². The van der Waals surface area contributed by atoms with Crippen molar-refractivity contribution in [2.24, 2.45) is 5.92 Å². The molecule has 0 bridgehead atoms. The van der Waals surface area contributed by atoms with Crippen LogP contribution in [-0.4, -0.2) is 42.0 Å². The number of rotatable bonds is 6. The molecule has 0 aromatic heterocycles. The zero-order valence-corrected chi connectivity index (χ0v) is 14.4. The summed E-state index contributed by atoms with van der Waals surface area (Å²) in [6, 6.07) is -0.359. The molecule has 2 fully saturated rings. The maximum atomic E-state index is 11.0. The van der Waals surface area contributed by atoms with E-state index in [0.717, 1.165) is 45.0 Å². The largest absolute Gasteiger partial charge is 0.480 e. The zero-order valence-electron chi connectivity index (χ0n) is 14.4. The topological polar surface area (TPSA) is 67.8 Å². The van der Waals surface area contributed by atoms with E-state index >= 15 is 0 Å². The number of hydrogen-bond acceptors (Lipinski definition) is 4. The third-order valence-electron chi connectivity index (χ3n) is 5.41. The van der Waals surface area contributed by atoms with Crippen molar-refractivity contribution in [2.45, 2.75) is 83.4 Å². The summed E-state index contributed by atoms with van der Waals surface area (Å²) in [5, 5.41) is 12.1. The third-order valence-corrected chi connectivity index (χ3v) is 5.41. The second kappa shape index (κ2) is 6.89. The molecule has 2 N–H and O–H groups in total. The number of hydrogen-bond donors (Lipinski definition) is 2. The number of piperidine rings is 1. The van der Waals surface area contributed by atoms with E-state index in [-0.39, 0.29) is 24.4 Å². The summed E-state index contributed by atoms with van der Waals surface area (Å²) in [6.45, 7) is 9.13. The molecule has 2 saturated heterocycles. The number of aliphatic carboxylic acids is 1. The first kappa shape index (κ1) is 17.8. The van der Waals surface area contributed by atoms with Gasteiger partial charge in [0, 0.05) is 0 Å². The van der Waals surface area contributed by atoms with Gasteiger partial charge in [-0.25, -0.2) is 0 Å². The summed E-state index contributed by atoms with van der Waals surface area (Å²) in [6.07, 6.45) is 6.04. The second-order valence-corrected chi connectivity index (χ2v) is 7.71. The molecule has 2 unspecified atom stereocenters. The molecule has 2 heterocycles. The van der Waals surface area contributed by atoms with E-state index in [0.29, 0.717) is 5.92 Å². The van der Waals surface area contributed by atoms with Gasteiger partial charge in [-0.2, -0.15) is 0 Å². The highest BCUT2D eigenvalue weighted by atomic mass is 16.7. The van der Waals surface area contributed by atoms with E-state index in [4.69, 9.17) is 14.4 Å². The molecule has 126 valence electrons. The number of unbranched alkanes of at least 4 members (excludes halogenated alkanes) is 1. The van der Waals surface area contributed by atoms with Crippen LogP contribution in [0.4, 0.5) is 0 Å². The van der Waals surface area contributed by atoms with E-state index in [9.17, 15) is 4.79 Å². The summed E-state index contributed by atoms with van der Waals surface area (Å²) < 4.78 is 12.0. The number of carboxylic acids is 1. The molecular weight excluding hydrogens is 281 g/mol. The Labute approximate surface area is 134 Å². The minimum atomic E-state index is -0.720. The van der Waals surface area contributed by atoms with Crippen LogP contribution in [0, 0.1) is 5.92 Å². The van der Waals surface area contributed by atoms with Crippen molar-refractivity contribution in [3.8, 4) is 0 Å². The third kappa shape index (κ3) is 4.24. The van der Waals surface area contributed by atoms with Crippen molar-refractivity contribution >= 4 is 13.1 Å². The highest BCUT2D eigenvalue weighted by Gasteiger charge is 2.50. The second-order valence-electron chi connectivity index (χ2n) is 7.71. The molecule has 0 aromatic carbocycles. The Kier molecular flexibility index (Phi) is 5.56. The molecule has 0 radical (unpaired) electrons. The molecular formula is C16H30BNO4. The lowest BCUT2D eigenvalue weighted by molar-refractivity contribution is -0.140. The van der Waals surface area contributed by atoms with Crippen LogP contribution in [0.1, 0.15) is 59.8 Å². The molecule has 2 atom stereocenters. The Bertz CT molecular complexity index is 384. The van der Waals surface area contributed by atoms with Gasteiger partial charge in [0.15, 0.2) is 0 Å². The van der Waals surface area contributed by atoms with Gasteiger partial charge in [0.05, 0.1) is 11.2 Å². The Morgan fingerprint density at radius 1 is 1.23 bits per heavy atom. The first-order valence-corrected chi connectivity index (χ1v) is 8.53. The molecule has 0 saturated carbocycles. The van der Waals surface area contributed by atoms with Gasteiger partial charge in [-0.05, 0) is 59.3 Å². The highest BCUT2D eigenvalue weighted by Crippen LogP contribution is 2.38. The number of nitrogens with one attached hydrogen (secondary N) is 1. The lowest BCUT2D eigenvalue weighted by Gasteiger charge is -2.32. The lowest BCUT2D eigenvalue weighted by Crippen LogP contribution is -2.43. The van der Waals surface area contributed by atoms with Crippen LogP contribution >= 0.6 is 0 Å². The summed E-state index contributed by atoms with van der Waals surface area (Å²) in [5.41, 5.74) is -0.497. The van der Waals surface area contributed by atoms with Crippen molar-refractivity contribution in [3.05, 3.63) is 0 Å². The van der Waals surface area contributed by atoms with E-state index in [1.807, 2.05) is 0 Å². The van der Waals surface area contributed by atoms with Crippen LogP contribution in [0.5, 0.6) is 0 Å². The Morgan fingerprint density at radius 3 is 2.45 bits per heavy atom. The van der Waals surface area contributed by atoms with E-state index in [2.05, 4.69) is 33.0 Å². The molecule has 2 aliphatic rings. The Morgan fingerprint density at radius 2 is 1.86 bits per heavy atom. The fraction of sp³-hybridized carbons (Fsp3) is 0.938. The smallest absolute Gasteiger partial charge is 0.457 e.